The van der Waals surface area contributed by atoms with Crippen LogP contribution in [0.1, 0.15) is 63.1 Å². The lowest BCUT2D eigenvalue weighted by Gasteiger charge is -2.32. The molecule has 1 aliphatic rings. The van der Waals surface area contributed by atoms with E-state index in [1.807, 2.05) is 12.1 Å². The van der Waals surface area contributed by atoms with Crippen LogP contribution in [0.15, 0.2) is 48.5 Å². The second kappa shape index (κ2) is 9.86. The molecule has 2 aromatic carbocycles. The maximum absolute atomic E-state index is 13.3. The third kappa shape index (κ3) is 6.65. The van der Waals surface area contributed by atoms with Crippen LogP contribution in [0.4, 0.5) is 4.39 Å². The van der Waals surface area contributed by atoms with Crippen molar-refractivity contribution in [3.8, 4) is 0 Å². The minimum Gasteiger partial charge on any atom is -0.330 e. The van der Waals surface area contributed by atoms with Gasteiger partial charge in [-0.25, -0.2) is 4.39 Å². The van der Waals surface area contributed by atoms with E-state index in [1.54, 1.807) is 12.1 Å². The largest absolute Gasteiger partial charge is 0.330 e. The molecule has 0 radical (unpaired) electrons. The maximum Gasteiger partial charge on any atom is 0.123 e. The molecule has 0 aliphatic heterocycles. The molecule has 29 heavy (non-hydrogen) atoms. The van der Waals surface area contributed by atoms with Gasteiger partial charge in [-0.1, -0.05) is 57.2 Å². The quantitative estimate of drug-likeness (QED) is 0.632. The molecule has 1 fully saturated rings. The van der Waals surface area contributed by atoms with Crippen LogP contribution in [-0.2, 0) is 18.5 Å². The standard InChI is InChI=1S/C26H37FN2/c1-26(2,3)24-12-8-22(9-13-24)18-29(19-23-10-14-25(27)15-11-23)17-21-6-4-20(16-28)5-7-21/h8-15,20-21H,4-7,16-19,28H2,1-3H3. The molecule has 0 unspecified atom stereocenters. The third-order valence-corrected chi connectivity index (χ3v) is 6.36. The molecule has 0 bridgehead atoms. The normalized spacial score (nSPS) is 20.2. The van der Waals surface area contributed by atoms with E-state index in [4.69, 9.17) is 5.73 Å². The van der Waals surface area contributed by atoms with Gasteiger partial charge in [0.15, 0.2) is 0 Å². The Morgan fingerprint density at radius 1 is 0.828 bits per heavy atom. The summed E-state index contributed by atoms with van der Waals surface area (Å²) in [5, 5.41) is 0. The van der Waals surface area contributed by atoms with Crippen LogP contribution in [-0.4, -0.2) is 18.0 Å². The Balaban J connectivity index is 1.69. The predicted molar refractivity (Wildman–Crippen MR) is 120 cm³/mol. The third-order valence-electron chi connectivity index (χ3n) is 6.36. The lowest BCUT2D eigenvalue weighted by atomic mass is 9.81. The lowest BCUT2D eigenvalue weighted by Crippen LogP contribution is -2.32. The van der Waals surface area contributed by atoms with Gasteiger partial charge in [0.1, 0.15) is 5.82 Å². The molecule has 2 N–H and O–H groups in total. The highest BCUT2D eigenvalue weighted by Gasteiger charge is 2.22. The molecule has 0 heterocycles. The smallest absolute Gasteiger partial charge is 0.123 e. The molecule has 0 aromatic heterocycles. The number of hydrogen-bond donors (Lipinski definition) is 1. The highest BCUT2D eigenvalue weighted by molar-refractivity contribution is 5.27. The number of rotatable bonds is 7. The predicted octanol–water partition coefficient (Wildman–Crippen LogP) is 5.89. The second-order valence-electron chi connectivity index (χ2n) is 9.87. The van der Waals surface area contributed by atoms with Crippen LogP contribution in [0.2, 0.25) is 0 Å². The van der Waals surface area contributed by atoms with Crippen molar-refractivity contribution < 1.29 is 4.39 Å². The summed E-state index contributed by atoms with van der Waals surface area (Å²) in [6, 6.07) is 16.0. The average Bonchev–Trinajstić information content (AvgIpc) is 2.70. The van der Waals surface area contributed by atoms with Crippen molar-refractivity contribution in [2.24, 2.45) is 17.6 Å². The summed E-state index contributed by atoms with van der Waals surface area (Å²) in [4.78, 5) is 2.53. The fourth-order valence-electron chi connectivity index (χ4n) is 4.42. The first-order valence-electron chi connectivity index (χ1n) is 11.1. The molecule has 3 heteroatoms. The number of hydrogen-bond acceptors (Lipinski definition) is 2. The topological polar surface area (TPSA) is 29.3 Å². The summed E-state index contributed by atoms with van der Waals surface area (Å²) in [5.41, 5.74) is 9.93. The van der Waals surface area contributed by atoms with Gasteiger partial charge >= 0.3 is 0 Å². The molecule has 3 rings (SSSR count). The molecular weight excluding hydrogens is 359 g/mol. The molecule has 158 valence electrons. The van der Waals surface area contributed by atoms with Gasteiger partial charge in [0.05, 0.1) is 0 Å². The van der Waals surface area contributed by atoms with Crippen LogP contribution < -0.4 is 5.73 Å². The molecule has 2 nitrogen and oxygen atoms in total. The zero-order valence-corrected chi connectivity index (χ0v) is 18.3. The minimum atomic E-state index is -0.168. The number of nitrogens with two attached hydrogens (primary N) is 1. The zero-order valence-electron chi connectivity index (χ0n) is 18.3. The van der Waals surface area contributed by atoms with E-state index in [0.717, 1.165) is 32.1 Å². The minimum absolute atomic E-state index is 0.168. The van der Waals surface area contributed by atoms with Gasteiger partial charge in [-0.2, -0.15) is 0 Å². The van der Waals surface area contributed by atoms with Crippen molar-refractivity contribution in [1.29, 1.82) is 0 Å². The Hall–Kier alpha value is -1.71. The lowest BCUT2D eigenvalue weighted by molar-refractivity contribution is 0.170. The van der Waals surface area contributed by atoms with E-state index in [1.165, 1.54) is 42.4 Å². The van der Waals surface area contributed by atoms with Crippen LogP contribution in [0.5, 0.6) is 0 Å². The van der Waals surface area contributed by atoms with E-state index in [0.29, 0.717) is 5.92 Å². The molecule has 1 aliphatic carbocycles. The summed E-state index contributed by atoms with van der Waals surface area (Å²) < 4.78 is 13.3. The van der Waals surface area contributed by atoms with E-state index >= 15 is 0 Å². The van der Waals surface area contributed by atoms with Crippen molar-refractivity contribution >= 4 is 0 Å². The van der Waals surface area contributed by atoms with Crippen molar-refractivity contribution in [1.82, 2.24) is 4.90 Å². The number of nitrogens with zero attached hydrogens (tertiary/aromatic N) is 1. The van der Waals surface area contributed by atoms with Crippen molar-refractivity contribution in [2.75, 3.05) is 13.1 Å². The molecule has 0 atom stereocenters. The Morgan fingerprint density at radius 2 is 1.31 bits per heavy atom. The van der Waals surface area contributed by atoms with Crippen LogP contribution in [0.25, 0.3) is 0 Å². The Labute approximate surface area is 176 Å². The Bertz CT molecular complexity index is 738. The van der Waals surface area contributed by atoms with Crippen LogP contribution >= 0.6 is 0 Å². The van der Waals surface area contributed by atoms with Gasteiger partial charge in [0, 0.05) is 19.6 Å². The summed E-state index contributed by atoms with van der Waals surface area (Å²) in [6.07, 6.45) is 5.05. The molecular formula is C26H37FN2. The van der Waals surface area contributed by atoms with Crippen molar-refractivity contribution in [3.63, 3.8) is 0 Å². The van der Waals surface area contributed by atoms with Gasteiger partial charge in [-0.05, 0) is 78.3 Å². The van der Waals surface area contributed by atoms with Crippen molar-refractivity contribution in [2.45, 2.75) is 65.0 Å². The summed E-state index contributed by atoms with van der Waals surface area (Å²) in [5.74, 6) is 1.27. The highest BCUT2D eigenvalue weighted by atomic mass is 19.1. The Morgan fingerprint density at radius 3 is 1.79 bits per heavy atom. The molecule has 1 saturated carbocycles. The van der Waals surface area contributed by atoms with Crippen LogP contribution in [0.3, 0.4) is 0 Å². The molecule has 0 spiro atoms. The highest BCUT2D eigenvalue weighted by Crippen LogP contribution is 2.30. The van der Waals surface area contributed by atoms with E-state index in [9.17, 15) is 4.39 Å². The van der Waals surface area contributed by atoms with Gasteiger partial charge in [-0.3, -0.25) is 4.90 Å². The second-order valence-corrected chi connectivity index (χ2v) is 9.87. The summed E-state index contributed by atoms with van der Waals surface area (Å²) >= 11 is 0. The number of halogens is 1. The van der Waals surface area contributed by atoms with E-state index < -0.39 is 0 Å². The summed E-state index contributed by atoms with van der Waals surface area (Å²) in [6.45, 7) is 10.5. The molecule has 2 aromatic rings. The number of benzene rings is 2. The maximum atomic E-state index is 13.3. The Kier molecular flexibility index (Phi) is 7.48. The summed E-state index contributed by atoms with van der Waals surface area (Å²) in [7, 11) is 0. The van der Waals surface area contributed by atoms with Gasteiger partial charge in [0.25, 0.3) is 0 Å². The monoisotopic (exact) mass is 396 g/mol. The zero-order chi connectivity index (χ0) is 20.9. The average molecular weight is 397 g/mol. The van der Waals surface area contributed by atoms with Gasteiger partial charge in [-0.15, -0.1) is 0 Å². The van der Waals surface area contributed by atoms with Crippen LogP contribution in [0, 0.1) is 17.7 Å². The fourth-order valence-corrected chi connectivity index (χ4v) is 4.42. The van der Waals surface area contributed by atoms with Crippen molar-refractivity contribution in [3.05, 3.63) is 71.0 Å². The molecule has 0 amide bonds. The van der Waals surface area contributed by atoms with Gasteiger partial charge < -0.3 is 5.73 Å². The SMILES string of the molecule is CC(C)(C)c1ccc(CN(Cc2ccc(F)cc2)CC2CCC(CN)CC2)cc1. The first-order valence-corrected chi connectivity index (χ1v) is 11.1. The van der Waals surface area contributed by atoms with Gasteiger partial charge in [0.2, 0.25) is 0 Å². The van der Waals surface area contributed by atoms with E-state index in [-0.39, 0.29) is 11.2 Å². The van der Waals surface area contributed by atoms with E-state index in [2.05, 4.69) is 49.9 Å². The first kappa shape index (κ1) is 22.0. The fraction of sp³-hybridized carbons (Fsp3) is 0.538. The first-order chi connectivity index (χ1) is 13.8. The molecule has 0 saturated heterocycles.